The Bertz CT molecular complexity index is 364. The molecule has 2 aliphatic carbocycles. The Labute approximate surface area is 120 Å². The molecule has 2 aliphatic rings. The molecule has 5 heteroatoms. The maximum absolute atomic E-state index is 11.9. The number of carbonyl (C=O) groups is 2. The third-order valence-corrected chi connectivity index (χ3v) is 4.62. The van der Waals surface area contributed by atoms with Gasteiger partial charge in [0.15, 0.2) is 0 Å². The zero-order valence-electron chi connectivity index (χ0n) is 12.3. The van der Waals surface area contributed by atoms with Gasteiger partial charge in [-0.25, -0.2) is 0 Å². The van der Waals surface area contributed by atoms with Gasteiger partial charge in [-0.05, 0) is 25.2 Å². The van der Waals surface area contributed by atoms with Gasteiger partial charge in [-0.2, -0.15) is 0 Å². The number of carbonyl (C=O) groups excluding carboxylic acids is 2. The lowest BCUT2D eigenvalue weighted by atomic mass is 9.82. The van der Waals surface area contributed by atoms with Crippen molar-refractivity contribution >= 4 is 11.8 Å². The summed E-state index contributed by atoms with van der Waals surface area (Å²) in [6.07, 6.45) is 6.23. The van der Waals surface area contributed by atoms with E-state index in [2.05, 4.69) is 17.6 Å². The summed E-state index contributed by atoms with van der Waals surface area (Å²) in [5.41, 5.74) is -0.426. The summed E-state index contributed by atoms with van der Waals surface area (Å²) < 4.78 is 0. The molecule has 2 fully saturated rings. The average molecular weight is 282 g/mol. The van der Waals surface area contributed by atoms with E-state index in [1.165, 1.54) is 6.42 Å². The van der Waals surface area contributed by atoms with E-state index >= 15 is 0 Å². The van der Waals surface area contributed by atoms with Crippen LogP contribution in [0.25, 0.3) is 0 Å². The van der Waals surface area contributed by atoms with Crippen molar-refractivity contribution in [3.05, 3.63) is 0 Å². The molecule has 3 N–H and O–H groups in total. The van der Waals surface area contributed by atoms with Crippen molar-refractivity contribution in [3.8, 4) is 0 Å². The molecular weight excluding hydrogens is 256 g/mol. The van der Waals surface area contributed by atoms with Gasteiger partial charge in [0.25, 0.3) is 0 Å². The van der Waals surface area contributed by atoms with Gasteiger partial charge in [-0.1, -0.05) is 26.2 Å². The molecule has 20 heavy (non-hydrogen) atoms. The minimum absolute atomic E-state index is 0.00465. The Kier molecular flexibility index (Phi) is 5.02. The van der Waals surface area contributed by atoms with Gasteiger partial charge in [0, 0.05) is 18.9 Å². The number of amides is 2. The summed E-state index contributed by atoms with van der Waals surface area (Å²) in [4.78, 5) is 23.6. The molecule has 0 saturated heterocycles. The van der Waals surface area contributed by atoms with Crippen LogP contribution in [0.4, 0.5) is 0 Å². The molecule has 0 aromatic carbocycles. The molecule has 2 saturated carbocycles. The summed E-state index contributed by atoms with van der Waals surface area (Å²) >= 11 is 0. The first-order valence-electron chi connectivity index (χ1n) is 7.76. The van der Waals surface area contributed by atoms with Crippen LogP contribution >= 0.6 is 0 Å². The fraction of sp³-hybridized carbons (Fsp3) is 0.867. The largest absolute Gasteiger partial charge is 0.394 e. The standard InChI is InChI=1S/C15H26N2O3/c1-11-9-12(11)14(20)16-8-5-13(19)17-15(10-18)6-3-2-4-7-15/h11-12,18H,2-10H2,1H3,(H,16,20)(H,17,19). The van der Waals surface area contributed by atoms with Crippen LogP contribution in [0.2, 0.25) is 0 Å². The summed E-state index contributed by atoms with van der Waals surface area (Å²) in [5, 5.41) is 15.3. The van der Waals surface area contributed by atoms with Crippen LogP contribution < -0.4 is 10.6 Å². The molecule has 2 rings (SSSR count). The van der Waals surface area contributed by atoms with E-state index in [1.54, 1.807) is 0 Å². The van der Waals surface area contributed by atoms with Gasteiger partial charge in [0.2, 0.25) is 11.8 Å². The van der Waals surface area contributed by atoms with E-state index in [-0.39, 0.29) is 30.8 Å². The van der Waals surface area contributed by atoms with Crippen LogP contribution in [-0.2, 0) is 9.59 Å². The average Bonchev–Trinajstić information content (AvgIpc) is 3.17. The van der Waals surface area contributed by atoms with Gasteiger partial charge in [-0.15, -0.1) is 0 Å². The second-order valence-electron chi connectivity index (χ2n) is 6.41. The highest BCUT2D eigenvalue weighted by atomic mass is 16.3. The van der Waals surface area contributed by atoms with E-state index in [4.69, 9.17) is 0 Å². The van der Waals surface area contributed by atoms with Crippen LogP contribution in [0, 0.1) is 11.8 Å². The normalized spacial score (nSPS) is 27.7. The minimum atomic E-state index is -0.426. The number of hydrogen-bond donors (Lipinski definition) is 3. The molecular formula is C15H26N2O3. The zero-order chi connectivity index (χ0) is 14.6. The summed E-state index contributed by atoms with van der Waals surface area (Å²) in [7, 11) is 0. The molecule has 0 radical (unpaired) electrons. The Morgan fingerprint density at radius 1 is 1.25 bits per heavy atom. The third kappa shape index (κ3) is 3.95. The van der Waals surface area contributed by atoms with Crippen molar-refractivity contribution in [2.75, 3.05) is 13.2 Å². The van der Waals surface area contributed by atoms with Gasteiger partial charge in [0.1, 0.15) is 0 Å². The maximum atomic E-state index is 11.9. The monoisotopic (exact) mass is 282 g/mol. The lowest BCUT2D eigenvalue weighted by molar-refractivity contribution is -0.124. The molecule has 0 heterocycles. The highest BCUT2D eigenvalue weighted by Gasteiger charge is 2.39. The zero-order valence-corrected chi connectivity index (χ0v) is 12.3. The Hall–Kier alpha value is -1.10. The van der Waals surface area contributed by atoms with E-state index in [1.807, 2.05) is 0 Å². The van der Waals surface area contributed by atoms with Crippen LogP contribution in [-0.4, -0.2) is 35.6 Å². The van der Waals surface area contributed by atoms with Crippen LogP contribution in [0.15, 0.2) is 0 Å². The van der Waals surface area contributed by atoms with E-state index in [0.29, 0.717) is 12.5 Å². The fourth-order valence-electron chi connectivity index (χ4n) is 3.03. The smallest absolute Gasteiger partial charge is 0.223 e. The third-order valence-electron chi connectivity index (χ3n) is 4.62. The predicted octanol–water partition coefficient (Wildman–Crippen LogP) is 0.960. The van der Waals surface area contributed by atoms with Gasteiger partial charge >= 0.3 is 0 Å². The molecule has 0 bridgehead atoms. The topological polar surface area (TPSA) is 78.4 Å². The molecule has 2 atom stereocenters. The van der Waals surface area contributed by atoms with Crippen molar-refractivity contribution < 1.29 is 14.7 Å². The highest BCUT2D eigenvalue weighted by molar-refractivity contribution is 5.82. The van der Waals surface area contributed by atoms with Crippen LogP contribution in [0.1, 0.15) is 51.9 Å². The number of aliphatic hydroxyl groups excluding tert-OH is 1. The van der Waals surface area contributed by atoms with Crippen LogP contribution in [0.3, 0.4) is 0 Å². The lowest BCUT2D eigenvalue weighted by Crippen LogP contribution is -2.53. The first-order valence-corrected chi connectivity index (χ1v) is 7.76. The summed E-state index contributed by atoms with van der Waals surface area (Å²) in [6.45, 7) is 2.45. The molecule has 114 valence electrons. The Morgan fingerprint density at radius 3 is 2.45 bits per heavy atom. The van der Waals surface area contributed by atoms with Gasteiger partial charge in [-0.3, -0.25) is 9.59 Å². The number of nitrogens with one attached hydrogen (secondary N) is 2. The van der Waals surface area contributed by atoms with Crippen molar-refractivity contribution in [1.29, 1.82) is 0 Å². The van der Waals surface area contributed by atoms with Crippen molar-refractivity contribution in [1.82, 2.24) is 10.6 Å². The molecule has 5 nitrogen and oxygen atoms in total. The number of rotatable bonds is 6. The van der Waals surface area contributed by atoms with E-state index in [9.17, 15) is 14.7 Å². The number of aliphatic hydroxyl groups is 1. The first-order chi connectivity index (χ1) is 9.56. The van der Waals surface area contributed by atoms with E-state index in [0.717, 1.165) is 32.1 Å². The SMILES string of the molecule is CC1CC1C(=O)NCCC(=O)NC1(CO)CCCCC1. The molecule has 2 amide bonds. The van der Waals surface area contributed by atoms with Crippen molar-refractivity contribution in [3.63, 3.8) is 0 Å². The molecule has 0 aromatic rings. The first kappa shape index (κ1) is 15.3. The second kappa shape index (κ2) is 6.57. The highest BCUT2D eigenvalue weighted by Crippen LogP contribution is 2.37. The van der Waals surface area contributed by atoms with Crippen molar-refractivity contribution in [2.24, 2.45) is 11.8 Å². The summed E-state index contributed by atoms with van der Waals surface area (Å²) in [6, 6.07) is 0. The molecule has 2 unspecified atom stereocenters. The maximum Gasteiger partial charge on any atom is 0.223 e. The van der Waals surface area contributed by atoms with Gasteiger partial charge in [0.05, 0.1) is 12.1 Å². The Morgan fingerprint density at radius 2 is 1.90 bits per heavy atom. The summed E-state index contributed by atoms with van der Waals surface area (Å²) in [5.74, 6) is 0.633. The molecule has 0 aromatic heterocycles. The molecule has 0 spiro atoms. The Balaban J connectivity index is 1.67. The van der Waals surface area contributed by atoms with Gasteiger partial charge < -0.3 is 15.7 Å². The minimum Gasteiger partial charge on any atom is -0.394 e. The van der Waals surface area contributed by atoms with E-state index < -0.39 is 5.54 Å². The number of hydrogen-bond acceptors (Lipinski definition) is 3. The van der Waals surface area contributed by atoms with Crippen LogP contribution in [0.5, 0.6) is 0 Å². The fourth-order valence-corrected chi connectivity index (χ4v) is 3.03. The predicted molar refractivity (Wildman–Crippen MR) is 75.9 cm³/mol. The lowest BCUT2D eigenvalue weighted by Gasteiger charge is -2.36. The second-order valence-corrected chi connectivity index (χ2v) is 6.41. The van der Waals surface area contributed by atoms with Crippen molar-refractivity contribution in [2.45, 2.75) is 57.4 Å². The quantitative estimate of drug-likeness (QED) is 0.679. The molecule has 0 aliphatic heterocycles.